The Labute approximate surface area is 175 Å². The molecule has 0 unspecified atom stereocenters. The average molecular weight is 466 g/mol. The smallest absolute Gasteiger partial charge is 0.299 e. The van der Waals surface area contributed by atoms with E-state index in [4.69, 9.17) is 0 Å². The molecule has 1 heterocycles. The van der Waals surface area contributed by atoms with Crippen LogP contribution in [0, 0.1) is 11.6 Å². The fraction of sp³-hybridized carbons (Fsp3) is 0.368. The number of benzene rings is 2. The summed E-state index contributed by atoms with van der Waals surface area (Å²) in [6.07, 6.45) is 1.04. The SMILES string of the molecule is O=S(=O)(NC1CCN(Cc2ccc(F)c(F)c2)CC1)c1ccc(SC(F)(F)F)cc1. The number of thioether (sulfide) groups is 1. The summed E-state index contributed by atoms with van der Waals surface area (Å²) >= 11 is -0.307. The van der Waals surface area contributed by atoms with Gasteiger partial charge in [-0.1, -0.05) is 6.07 Å². The van der Waals surface area contributed by atoms with Crippen LogP contribution in [0.3, 0.4) is 0 Å². The first kappa shape index (κ1) is 23.0. The van der Waals surface area contributed by atoms with E-state index in [0.717, 1.165) is 36.4 Å². The second-order valence-corrected chi connectivity index (χ2v) is 9.79. The van der Waals surface area contributed by atoms with E-state index in [1.165, 1.54) is 6.07 Å². The van der Waals surface area contributed by atoms with Gasteiger partial charge >= 0.3 is 5.51 Å². The van der Waals surface area contributed by atoms with Gasteiger partial charge in [-0.3, -0.25) is 4.90 Å². The highest BCUT2D eigenvalue weighted by molar-refractivity contribution is 8.00. The second-order valence-electron chi connectivity index (χ2n) is 6.94. The maximum absolute atomic E-state index is 13.3. The van der Waals surface area contributed by atoms with Gasteiger partial charge in [-0.2, -0.15) is 13.2 Å². The zero-order chi connectivity index (χ0) is 21.9. The molecule has 1 N–H and O–H groups in total. The number of halogens is 5. The van der Waals surface area contributed by atoms with E-state index in [0.29, 0.717) is 38.0 Å². The van der Waals surface area contributed by atoms with Gasteiger partial charge in [0.05, 0.1) is 4.90 Å². The zero-order valence-electron chi connectivity index (χ0n) is 15.6. The summed E-state index contributed by atoms with van der Waals surface area (Å²) in [7, 11) is -3.86. The average Bonchev–Trinajstić information content (AvgIpc) is 2.65. The molecule has 30 heavy (non-hydrogen) atoms. The Hall–Kier alpha value is -1.69. The number of hydrogen-bond donors (Lipinski definition) is 1. The van der Waals surface area contributed by atoms with Crippen molar-refractivity contribution in [2.45, 2.75) is 40.7 Å². The molecule has 0 aromatic heterocycles. The van der Waals surface area contributed by atoms with Gasteiger partial charge in [0.25, 0.3) is 0 Å². The molecule has 0 aliphatic carbocycles. The summed E-state index contributed by atoms with van der Waals surface area (Å²) in [5.74, 6) is -1.81. The van der Waals surface area contributed by atoms with Gasteiger partial charge < -0.3 is 0 Å². The van der Waals surface area contributed by atoms with Gasteiger partial charge in [0, 0.05) is 30.6 Å². The minimum atomic E-state index is -4.44. The van der Waals surface area contributed by atoms with Crippen LogP contribution in [-0.4, -0.2) is 38.0 Å². The highest BCUT2D eigenvalue weighted by atomic mass is 32.2. The van der Waals surface area contributed by atoms with Crippen molar-refractivity contribution < 1.29 is 30.4 Å². The molecule has 0 amide bonds. The van der Waals surface area contributed by atoms with E-state index >= 15 is 0 Å². The summed E-state index contributed by atoms with van der Waals surface area (Å²) in [5.41, 5.74) is -3.81. The maximum atomic E-state index is 13.3. The molecule has 0 spiro atoms. The standard InChI is InChI=1S/C19H19F5N2O2S2/c20-17-6-1-13(11-18(17)21)12-26-9-7-14(8-10-26)25-30(27,28)16-4-2-15(3-5-16)29-19(22,23)24/h1-6,11,14,25H,7-10,12H2. The number of hydrogen-bond acceptors (Lipinski definition) is 4. The number of likely N-dealkylation sites (tertiary alicyclic amines) is 1. The number of alkyl halides is 3. The Balaban J connectivity index is 1.54. The third kappa shape index (κ3) is 6.40. The second kappa shape index (κ2) is 9.21. The van der Waals surface area contributed by atoms with Crippen LogP contribution < -0.4 is 4.72 Å². The van der Waals surface area contributed by atoms with Gasteiger partial charge in [0.15, 0.2) is 11.6 Å². The van der Waals surface area contributed by atoms with Crippen LogP contribution in [0.2, 0.25) is 0 Å². The van der Waals surface area contributed by atoms with Crippen molar-refractivity contribution in [3.05, 3.63) is 59.7 Å². The first-order chi connectivity index (χ1) is 14.0. The summed E-state index contributed by atoms with van der Waals surface area (Å²) in [6.45, 7) is 1.55. The molecule has 0 saturated carbocycles. The molecule has 1 aliphatic heterocycles. The molecule has 164 valence electrons. The van der Waals surface area contributed by atoms with E-state index < -0.39 is 27.2 Å². The van der Waals surface area contributed by atoms with Gasteiger partial charge in [0.1, 0.15) is 0 Å². The minimum Gasteiger partial charge on any atom is -0.299 e. The van der Waals surface area contributed by atoms with Crippen LogP contribution in [-0.2, 0) is 16.6 Å². The van der Waals surface area contributed by atoms with Crippen LogP contribution in [0.1, 0.15) is 18.4 Å². The van der Waals surface area contributed by atoms with E-state index in [1.54, 1.807) is 0 Å². The summed E-state index contributed by atoms with van der Waals surface area (Å²) in [6, 6.07) is 7.95. The predicted molar refractivity (Wildman–Crippen MR) is 103 cm³/mol. The number of nitrogens with one attached hydrogen (secondary N) is 1. The normalized spacial score (nSPS) is 16.7. The van der Waals surface area contributed by atoms with Gasteiger partial charge in [-0.15, -0.1) is 0 Å². The van der Waals surface area contributed by atoms with Crippen molar-refractivity contribution >= 4 is 21.8 Å². The quantitative estimate of drug-likeness (QED) is 0.503. The number of nitrogens with zero attached hydrogens (tertiary/aromatic N) is 1. The van der Waals surface area contributed by atoms with E-state index in [9.17, 15) is 30.4 Å². The van der Waals surface area contributed by atoms with Crippen molar-refractivity contribution in [3.63, 3.8) is 0 Å². The fourth-order valence-corrected chi connectivity index (χ4v) is 5.06. The zero-order valence-corrected chi connectivity index (χ0v) is 17.3. The number of sulfonamides is 1. The molecular weight excluding hydrogens is 447 g/mol. The molecule has 2 aromatic carbocycles. The van der Waals surface area contributed by atoms with E-state index in [2.05, 4.69) is 4.72 Å². The monoisotopic (exact) mass is 466 g/mol. The van der Waals surface area contributed by atoms with Crippen LogP contribution in [0.4, 0.5) is 22.0 Å². The van der Waals surface area contributed by atoms with E-state index in [1.807, 2.05) is 4.90 Å². The molecule has 0 atom stereocenters. The molecule has 4 nitrogen and oxygen atoms in total. The van der Waals surface area contributed by atoms with Crippen molar-refractivity contribution in [3.8, 4) is 0 Å². The van der Waals surface area contributed by atoms with Crippen LogP contribution in [0.15, 0.2) is 52.3 Å². The third-order valence-electron chi connectivity index (χ3n) is 4.67. The number of rotatable bonds is 6. The Kier molecular flexibility index (Phi) is 7.05. The van der Waals surface area contributed by atoms with Crippen molar-refractivity contribution in [2.75, 3.05) is 13.1 Å². The highest BCUT2D eigenvalue weighted by Crippen LogP contribution is 2.37. The molecule has 11 heteroatoms. The summed E-state index contributed by atoms with van der Waals surface area (Å²) in [4.78, 5) is 1.82. The molecule has 0 radical (unpaired) electrons. The summed E-state index contributed by atoms with van der Waals surface area (Å²) in [5, 5.41) is 0. The Morgan fingerprint density at radius 3 is 2.20 bits per heavy atom. The molecule has 1 fully saturated rings. The third-order valence-corrected chi connectivity index (χ3v) is 6.94. The lowest BCUT2D eigenvalue weighted by Crippen LogP contribution is -2.44. The lowest BCUT2D eigenvalue weighted by Gasteiger charge is -2.32. The lowest BCUT2D eigenvalue weighted by molar-refractivity contribution is -0.0328. The summed E-state index contributed by atoms with van der Waals surface area (Å²) < 4.78 is 91.1. The van der Waals surface area contributed by atoms with Gasteiger partial charge in [0.2, 0.25) is 10.0 Å². The Morgan fingerprint density at radius 1 is 1.00 bits per heavy atom. The minimum absolute atomic E-state index is 0.0908. The molecule has 1 saturated heterocycles. The molecule has 1 aliphatic rings. The van der Waals surface area contributed by atoms with Gasteiger partial charge in [-0.05, 0) is 66.6 Å². The molecule has 3 rings (SSSR count). The molecular formula is C19H19F5N2O2S2. The predicted octanol–water partition coefficient (Wildman–Crippen LogP) is 4.52. The van der Waals surface area contributed by atoms with Crippen LogP contribution in [0.5, 0.6) is 0 Å². The Morgan fingerprint density at radius 2 is 1.63 bits per heavy atom. The van der Waals surface area contributed by atoms with Crippen LogP contribution in [0.25, 0.3) is 0 Å². The van der Waals surface area contributed by atoms with Crippen LogP contribution >= 0.6 is 11.8 Å². The van der Waals surface area contributed by atoms with Gasteiger partial charge in [-0.25, -0.2) is 21.9 Å². The van der Waals surface area contributed by atoms with Crippen molar-refractivity contribution in [1.29, 1.82) is 0 Å². The number of piperidine rings is 1. The lowest BCUT2D eigenvalue weighted by atomic mass is 10.1. The Bertz CT molecular complexity index is 973. The fourth-order valence-electron chi connectivity index (χ4n) is 3.21. The first-order valence-corrected chi connectivity index (χ1v) is 11.4. The topological polar surface area (TPSA) is 49.4 Å². The molecule has 2 aromatic rings. The molecule has 0 bridgehead atoms. The van der Waals surface area contributed by atoms with E-state index in [-0.39, 0.29) is 27.6 Å². The van der Waals surface area contributed by atoms with Crippen molar-refractivity contribution in [1.82, 2.24) is 9.62 Å². The highest BCUT2D eigenvalue weighted by Gasteiger charge is 2.30. The largest absolute Gasteiger partial charge is 0.446 e. The maximum Gasteiger partial charge on any atom is 0.446 e. The van der Waals surface area contributed by atoms with Crippen molar-refractivity contribution in [2.24, 2.45) is 0 Å². The first-order valence-electron chi connectivity index (χ1n) is 9.06.